The summed E-state index contributed by atoms with van der Waals surface area (Å²) in [5.74, 6) is -1.96. The SMILES string of the molecule is COCCCN1C(=O)C(O)=C(C(=O)c2cc3cc(Br)ccc3o2)C1c1ccc(OC(C)=O)cc1. The maximum Gasteiger partial charge on any atom is 0.308 e. The summed E-state index contributed by atoms with van der Waals surface area (Å²) in [5.41, 5.74) is 1.02. The Morgan fingerprint density at radius 3 is 2.56 bits per heavy atom. The molecule has 176 valence electrons. The first-order valence-corrected chi connectivity index (χ1v) is 11.3. The Balaban J connectivity index is 1.74. The highest BCUT2D eigenvalue weighted by atomic mass is 79.9. The van der Waals surface area contributed by atoms with Crippen LogP contribution in [0, 0.1) is 0 Å². The second-order valence-electron chi connectivity index (χ2n) is 7.79. The van der Waals surface area contributed by atoms with Gasteiger partial charge in [0, 0.05) is 37.0 Å². The molecular weight excluding hydrogens is 506 g/mol. The number of benzene rings is 2. The van der Waals surface area contributed by atoms with Crippen molar-refractivity contribution in [3.05, 3.63) is 75.7 Å². The summed E-state index contributed by atoms with van der Waals surface area (Å²) in [4.78, 5) is 39.2. The lowest BCUT2D eigenvalue weighted by atomic mass is 9.95. The number of carbonyl (C=O) groups excluding carboxylic acids is 3. The molecule has 1 N–H and O–H groups in total. The summed E-state index contributed by atoms with van der Waals surface area (Å²) >= 11 is 3.39. The first kappa shape index (κ1) is 23.7. The van der Waals surface area contributed by atoms with Crippen molar-refractivity contribution in [3.63, 3.8) is 0 Å². The van der Waals surface area contributed by atoms with Gasteiger partial charge in [0.25, 0.3) is 5.91 Å². The van der Waals surface area contributed by atoms with Crippen molar-refractivity contribution >= 4 is 44.6 Å². The van der Waals surface area contributed by atoms with E-state index in [0.29, 0.717) is 35.3 Å². The predicted molar refractivity (Wildman–Crippen MR) is 127 cm³/mol. The van der Waals surface area contributed by atoms with Gasteiger partial charge in [0.2, 0.25) is 5.78 Å². The molecule has 8 nitrogen and oxygen atoms in total. The van der Waals surface area contributed by atoms with Crippen LogP contribution in [0.15, 0.2) is 68.8 Å². The van der Waals surface area contributed by atoms with Crippen LogP contribution in [0.2, 0.25) is 0 Å². The van der Waals surface area contributed by atoms with E-state index < -0.39 is 29.5 Å². The zero-order chi connectivity index (χ0) is 24.4. The number of amides is 1. The lowest BCUT2D eigenvalue weighted by Gasteiger charge is -2.26. The summed E-state index contributed by atoms with van der Waals surface area (Å²) in [5, 5.41) is 11.5. The van der Waals surface area contributed by atoms with Gasteiger partial charge in [-0.05, 0) is 48.4 Å². The van der Waals surface area contributed by atoms with Crippen LogP contribution in [-0.2, 0) is 14.3 Å². The number of ether oxygens (including phenoxy) is 2. The van der Waals surface area contributed by atoms with E-state index in [-0.39, 0.29) is 17.9 Å². The van der Waals surface area contributed by atoms with E-state index in [2.05, 4.69) is 15.9 Å². The largest absolute Gasteiger partial charge is 0.503 e. The van der Waals surface area contributed by atoms with Crippen molar-refractivity contribution in [1.29, 1.82) is 0 Å². The number of rotatable bonds is 8. The van der Waals surface area contributed by atoms with Crippen molar-refractivity contribution in [3.8, 4) is 5.75 Å². The molecule has 9 heteroatoms. The summed E-state index contributed by atoms with van der Waals surface area (Å²) in [6.45, 7) is 1.96. The van der Waals surface area contributed by atoms with E-state index in [4.69, 9.17) is 13.9 Å². The van der Waals surface area contributed by atoms with Crippen LogP contribution in [0.4, 0.5) is 0 Å². The van der Waals surface area contributed by atoms with Crippen LogP contribution in [0.3, 0.4) is 0 Å². The number of aliphatic hydroxyl groups excluding tert-OH is 1. The van der Waals surface area contributed by atoms with Crippen LogP contribution in [-0.4, -0.2) is 47.9 Å². The third-order valence-electron chi connectivity index (χ3n) is 5.46. The minimum absolute atomic E-state index is 0.0164. The van der Waals surface area contributed by atoms with Gasteiger partial charge in [-0.3, -0.25) is 14.4 Å². The maximum atomic E-state index is 13.5. The highest BCUT2D eigenvalue weighted by Gasteiger charge is 2.44. The molecule has 1 aliphatic heterocycles. The molecule has 0 bridgehead atoms. The van der Waals surface area contributed by atoms with Gasteiger partial charge < -0.3 is 23.9 Å². The molecule has 4 rings (SSSR count). The van der Waals surface area contributed by atoms with Gasteiger partial charge in [0.15, 0.2) is 11.5 Å². The summed E-state index contributed by atoms with van der Waals surface area (Å²) in [6, 6.07) is 12.5. The number of fused-ring (bicyclic) bond motifs is 1. The molecule has 1 aromatic heterocycles. The number of nitrogens with zero attached hydrogens (tertiary/aromatic N) is 1. The molecule has 1 amide bonds. The number of ketones is 1. The molecule has 0 spiro atoms. The summed E-state index contributed by atoms with van der Waals surface area (Å²) in [6.07, 6.45) is 0.512. The molecule has 0 fully saturated rings. The highest BCUT2D eigenvalue weighted by molar-refractivity contribution is 9.10. The number of carbonyl (C=O) groups is 3. The zero-order valence-electron chi connectivity index (χ0n) is 18.5. The third-order valence-corrected chi connectivity index (χ3v) is 5.95. The van der Waals surface area contributed by atoms with Crippen LogP contribution in [0.5, 0.6) is 5.75 Å². The molecule has 0 saturated carbocycles. The molecule has 0 aliphatic carbocycles. The molecule has 3 aromatic rings. The van der Waals surface area contributed by atoms with Gasteiger partial charge >= 0.3 is 5.97 Å². The Morgan fingerprint density at radius 2 is 1.88 bits per heavy atom. The number of hydrogen-bond acceptors (Lipinski definition) is 7. The van der Waals surface area contributed by atoms with Crippen LogP contribution in [0.1, 0.15) is 35.5 Å². The molecule has 1 unspecified atom stereocenters. The topological polar surface area (TPSA) is 106 Å². The smallest absolute Gasteiger partial charge is 0.308 e. The van der Waals surface area contributed by atoms with Gasteiger partial charge in [-0.15, -0.1) is 0 Å². The summed E-state index contributed by atoms with van der Waals surface area (Å²) in [7, 11) is 1.56. The Labute approximate surface area is 203 Å². The zero-order valence-corrected chi connectivity index (χ0v) is 20.1. The minimum Gasteiger partial charge on any atom is -0.503 e. The molecule has 0 radical (unpaired) electrons. The number of halogens is 1. The first-order valence-electron chi connectivity index (χ1n) is 10.6. The van der Waals surface area contributed by atoms with Crippen LogP contribution < -0.4 is 4.74 Å². The lowest BCUT2D eigenvalue weighted by molar-refractivity contribution is -0.132. The average molecular weight is 528 g/mol. The van der Waals surface area contributed by atoms with Gasteiger partial charge in [-0.1, -0.05) is 28.1 Å². The minimum atomic E-state index is -0.844. The van der Waals surface area contributed by atoms with E-state index in [9.17, 15) is 19.5 Å². The van der Waals surface area contributed by atoms with Gasteiger partial charge in [-0.25, -0.2) is 0 Å². The predicted octanol–water partition coefficient (Wildman–Crippen LogP) is 4.74. The maximum absolute atomic E-state index is 13.5. The number of aliphatic hydroxyl groups is 1. The van der Waals surface area contributed by atoms with E-state index in [0.717, 1.165) is 4.47 Å². The fraction of sp³-hybridized carbons (Fsp3) is 0.240. The quantitative estimate of drug-likeness (QED) is 0.195. The molecular formula is C25H22BrNO7. The number of Topliss-reactive ketones (excluding diaryl/α,β-unsaturated/α-hetero) is 1. The highest BCUT2D eigenvalue weighted by Crippen LogP contribution is 2.40. The summed E-state index contributed by atoms with van der Waals surface area (Å²) < 4.78 is 16.7. The fourth-order valence-corrected chi connectivity index (χ4v) is 4.36. The van der Waals surface area contributed by atoms with E-state index in [1.54, 1.807) is 49.6 Å². The van der Waals surface area contributed by atoms with E-state index in [1.165, 1.54) is 11.8 Å². The van der Waals surface area contributed by atoms with Crippen LogP contribution in [0.25, 0.3) is 11.0 Å². The van der Waals surface area contributed by atoms with Crippen LogP contribution >= 0.6 is 15.9 Å². The molecule has 34 heavy (non-hydrogen) atoms. The van der Waals surface area contributed by atoms with Crippen molar-refractivity contribution in [2.24, 2.45) is 0 Å². The van der Waals surface area contributed by atoms with Crippen molar-refractivity contribution in [2.45, 2.75) is 19.4 Å². The first-order chi connectivity index (χ1) is 16.3. The lowest BCUT2D eigenvalue weighted by Crippen LogP contribution is -2.32. The molecule has 0 saturated heterocycles. The Morgan fingerprint density at radius 1 is 1.15 bits per heavy atom. The standard InChI is InChI=1S/C25H22BrNO7/c1-14(28)33-18-7-4-15(5-8-18)22-21(24(30)25(31)27(22)10-3-11-32-2)23(29)20-13-16-12-17(26)6-9-19(16)34-20/h4-9,12-13,22,30H,3,10-11H2,1-2H3. The van der Waals surface area contributed by atoms with Gasteiger partial charge in [0.05, 0.1) is 11.6 Å². The normalized spacial score (nSPS) is 15.9. The number of hydrogen-bond donors (Lipinski definition) is 1. The van der Waals surface area contributed by atoms with Crippen molar-refractivity contribution < 1.29 is 33.4 Å². The Kier molecular flexibility index (Phi) is 6.85. The molecule has 2 heterocycles. The molecule has 1 atom stereocenters. The van der Waals surface area contributed by atoms with E-state index in [1.807, 2.05) is 6.07 Å². The molecule has 1 aliphatic rings. The number of esters is 1. The average Bonchev–Trinajstić information content (AvgIpc) is 3.33. The monoisotopic (exact) mass is 527 g/mol. The fourth-order valence-electron chi connectivity index (χ4n) is 3.98. The van der Waals surface area contributed by atoms with Gasteiger partial charge in [-0.2, -0.15) is 0 Å². The van der Waals surface area contributed by atoms with Crippen molar-refractivity contribution in [1.82, 2.24) is 4.90 Å². The second-order valence-corrected chi connectivity index (χ2v) is 8.71. The Bertz CT molecular complexity index is 1290. The molecule has 2 aromatic carbocycles. The van der Waals surface area contributed by atoms with Gasteiger partial charge in [0.1, 0.15) is 11.3 Å². The number of furan rings is 1. The van der Waals surface area contributed by atoms with Crippen molar-refractivity contribution in [2.75, 3.05) is 20.3 Å². The second kappa shape index (κ2) is 9.82. The Hall–Kier alpha value is -3.43. The number of methoxy groups -OCH3 is 1. The van der Waals surface area contributed by atoms with E-state index >= 15 is 0 Å². The third kappa shape index (κ3) is 4.62.